The van der Waals surface area contributed by atoms with Gasteiger partial charge in [0.05, 0.1) is 0 Å². The normalized spacial score (nSPS) is 47.5. The first-order chi connectivity index (χ1) is 7.42. The average molecular weight is 226 g/mol. The smallest absolute Gasteiger partial charge is 0.318 e. The maximum absolute atomic E-state index is 11.8. The first kappa shape index (κ1) is 11.3. The fraction of sp³-hybridized carbons (Fsp3) is 0.636. The van der Waals surface area contributed by atoms with Crippen molar-refractivity contribution in [2.45, 2.75) is 32.2 Å². The van der Waals surface area contributed by atoms with E-state index in [9.17, 15) is 19.8 Å². The van der Waals surface area contributed by atoms with E-state index in [1.54, 1.807) is 13.8 Å². The van der Waals surface area contributed by atoms with Crippen LogP contribution in [0.15, 0.2) is 12.2 Å². The van der Waals surface area contributed by atoms with Gasteiger partial charge in [-0.15, -0.1) is 0 Å². The summed E-state index contributed by atoms with van der Waals surface area (Å²) in [6, 6.07) is 0. The van der Waals surface area contributed by atoms with Gasteiger partial charge in [-0.05, 0) is 18.9 Å². The predicted octanol–water partition coefficient (Wildman–Crippen LogP) is -0.585. The minimum atomic E-state index is -1.54. The topological polar surface area (TPSA) is 83.8 Å². The van der Waals surface area contributed by atoms with Gasteiger partial charge in [0.2, 0.25) is 0 Å². The van der Waals surface area contributed by atoms with Crippen LogP contribution in [0.2, 0.25) is 0 Å². The largest absolute Gasteiger partial charge is 0.459 e. The molecule has 5 atom stereocenters. The number of carbonyl (C=O) groups is 2. The number of esters is 1. The molecule has 88 valence electrons. The Bertz CT molecular complexity index is 375. The third kappa shape index (κ3) is 1.13. The van der Waals surface area contributed by atoms with Crippen molar-refractivity contribution < 1.29 is 24.5 Å². The molecule has 0 radical (unpaired) electrons. The summed E-state index contributed by atoms with van der Waals surface area (Å²) < 4.78 is 4.92. The number of ketones is 1. The molecule has 0 aromatic carbocycles. The fourth-order valence-corrected chi connectivity index (χ4v) is 2.55. The van der Waals surface area contributed by atoms with Gasteiger partial charge in [-0.1, -0.05) is 13.0 Å². The Labute approximate surface area is 92.7 Å². The van der Waals surface area contributed by atoms with Gasteiger partial charge in [0.1, 0.15) is 23.7 Å². The van der Waals surface area contributed by atoms with Gasteiger partial charge in [-0.3, -0.25) is 9.59 Å². The van der Waals surface area contributed by atoms with Crippen molar-refractivity contribution in [1.29, 1.82) is 0 Å². The fourth-order valence-electron chi connectivity index (χ4n) is 2.55. The molecule has 1 fully saturated rings. The van der Waals surface area contributed by atoms with E-state index in [0.29, 0.717) is 0 Å². The molecular formula is C11H14O5. The highest BCUT2D eigenvalue weighted by Gasteiger charge is 2.64. The van der Waals surface area contributed by atoms with Crippen LogP contribution in [0.5, 0.6) is 0 Å². The van der Waals surface area contributed by atoms with E-state index in [4.69, 9.17) is 4.74 Å². The molecule has 1 spiro atoms. The summed E-state index contributed by atoms with van der Waals surface area (Å²) in [5, 5.41) is 19.9. The zero-order valence-electron chi connectivity index (χ0n) is 9.08. The number of aliphatic hydroxyl groups excluding tert-OH is 2. The van der Waals surface area contributed by atoms with Gasteiger partial charge >= 0.3 is 5.97 Å². The molecule has 0 aromatic heterocycles. The third-order valence-electron chi connectivity index (χ3n) is 3.61. The lowest BCUT2D eigenvalue weighted by molar-refractivity contribution is -0.163. The van der Waals surface area contributed by atoms with Gasteiger partial charge in [-0.2, -0.15) is 0 Å². The van der Waals surface area contributed by atoms with Crippen molar-refractivity contribution in [2.75, 3.05) is 0 Å². The van der Waals surface area contributed by atoms with Crippen LogP contribution in [-0.2, 0) is 14.3 Å². The Hall–Kier alpha value is -1.20. The average Bonchev–Trinajstić information content (AvgIpc) is 2.45. The molecule has 2 N–H and O–H groups in total. The molecule has 1 unspecified atom stereocenters. The van der Waals surface area contributed by atoms with Crippen LogP contribution in [0, 0.1) is 11.3 Å². The zero-order chi connectivity index (χ0) is 12.1. The summed E-state index contributed by atoms with van der Waals surface area (Å²) in [7, 11) is 0. The second-order valence-corrected chi connectivity index (χ2v) is 4.44. The minimum Gasteiger partial charge on any atom is -0.459 e. The number of rotatable bonds is 0. The SMILES string of the molecule is C[C@@H]1OC(=O)C2([C@@H]1O)[C@@H](C)C=CC(=O)[C@@H]2O. The van der Waals surface area contributed by atoms with Crippen LogP contribution >= 0.6 is 0 Å². The van der Waals surface area contributed by atoms with Crippen LogP contribution in [0.4, 0.5) is 0 Å². The van der Waals surface area contributed by atoms with Gasteiger partial charge in [0.15, 0.2) is 5.78 Å². The number of aliphatic hydroxyl groups is 2. The third-order valence-corrected chi connectivity index (χ3v) is 3.61. The van der Waals surface area contributed by atoms with Crippen LogP contribution in [0.25, 0.3) is 0 Å². The number of hydrogen-bond acceptors (Lipinski definition) is 5. The van der Waals surface area contributed by atoms with E-state index in [2.05, 4.69) is 0 Å². The van der Waals surface area contributed by atoms with Gasteiger partial charge < -0.3 is 14.9 Å². The number of hydrogen-bond donors (Lipinski definition) is 2. The summed E-state index contributed by atoms with van der Waals surface area (Å²) in [5.74, 6) is -1.71. The molecule has 1 saturated heterocycles. The van der Waals surface area contributed by atoms with Crippen molar-refractivity contribution in [1.82, 2.24) is 0 Å². The van der Waals surface area contributed by atoms with Crippen molar-refractivity contribution in [3.63, 3.8) is 0 Å². The second kappa shape index (κ2) is 3.40. The maximum Gasteiger partial charge on any atom is 0.318 e. The Morgan fingerprint density at radius 1 is 1.31 bits per heavy atom. The summed E-state index contributed by atoms with van der Waals surface area (Å²) >= 11 is 0. The Balaban J connectivity index is 2.54. The second-order valence-electron chi connectivity index (χ2n) is 4.44. The number of ether oxygens (including phenoxy) is 1. The molecule has 2 rings (SSSR count). The summed E-state index contributed by atoms with van der Waals surface area (Å²) in [6.07, 6.45) is -0.635. The van der Waals surface area contributed by atoms with E-state index in [1.165, 1.54) is 12.2 Å². The van der Waals surface area contributed by atoms with E-state index < -0.39 is 41.4 Å². The molecule has 1 aliphatic carbocycles. The van der Waals surface area contributed by atoms with E-state index in [-0.39, 0.29) is 0 Å². The molecular weight excluding hydrogens is 212 g/mol. The molecule has 16 heavy (non-hydrogen) atoms. The highest BCUT2D eigenvalue weighted by atomic mass is 16.6. The molecule has 0 amide bonds. The molecule has 0 saturated carbocycles. The van der Waals surface area contributed by atoms with Crippen LogP contribution in [-0.4, -0.2) is 40.3 Å². The van der Waals surface area contributed by atoms with Gasteiger partial charge in [0, 0.05) is 0 Å². The highest BCUT2D eigenvalue weighted by Crippen LogP contribution is 2.46. The molecule has 5 nitrogen and oxygen atoms in total. The van der Waals surface area contributed by atoms with Crippen LogP contribution in [0.3, 0.4) is 0 Å². The molecule has 1 aliphatic heterocycles. The summed E-state index contributed by atoms with van der Waals surface area (Å²) in [5.41, 5.74) is -1.54. The zero-order valence-corrected chi connectivity index (χ0v) is 9.08. The van der Waals surface area contributed by atoms with Crippen LogP contribution in [0.1, 0.15) is 13.8 Å². The van der Waals surface area contributed by atoms with Gasteiger partial charge in [0.25, 0.3) is 0 Å². The summed E-state index contributed by atoms with van der Waals surface area (Å²) in [6.45, 7) is 3.22. The lowest BCUT2D eigenvalue weighted by atomic mass is 9.64. The number of carbonyl (C=O) groups excluding carboxylic acids is 2. The van der Waals surface area contributed by atoms with E-state index >= 15 is 0 Å². The van der Waals surface area contributed by atoms with Crippen LogP contribution < -0.4 is 0 Å². The minimum absolute atomic E-state index is 0.437. The number of cyclic esters (lactones) is 1. The standard InChI is InChI=1S/C11H14O5/c1-5-3-4-7(12)9(14)11(5)8(13)6(2)16-10(11)15/h3-6,8-9,13-14H,1-2H3/t5-,6-,8+,9-,11?/m0/s1. The van der Waals surface area contributed by atoms with Crippen molar-refractivity contribution in [3.8, 4) is 0 Å². The Kier molecular flexibility index (Phi) is 2.40. The molecule has 1 heterocycles. The highest BCUT2D eigenvalue weighted by molar-refractivity contribution is 6.00. The Morgan fingerprint density at radius 2 is 1.94 bits per heavy atom. The van der Waals surface area contributed by atoms with E-state index in [1.807, 2.05) is 0 Å². The lowest BCUT2D eigenvalue weighted by Crippen LogP contribution is -2.56. The quantitative estimate of drug-likeness (QED) is 0.540. The van der Waals surface area contributed by atoms with Gasteiger partial charge in [-0.25, -0.2) is 0 Å². The first-order valence-electron chi connectivity index (χ1n) is 5.21. The first-order valence-corrected chi connectivity index (χ1v) is 5.21. The van der Waals surface area contributed by atoms with Crippen molar-refractivity contribution >= 4 is 11.8 Å². The van der Waals surface area contributed by atoms with E-state index in [0.717, 1.165) is 0 Å². The number of allylic oxidation sites excluding steroid dienone is 1. The van der Waals surface area contributed by atoms with Crippen molar-refractivity contribution in [3.05, 3.63) is 12.2 Å². The monoisotopic (exact) mass is 226 g/mol. The molecule has 2 aliphatic rings. The lowest BCUT2D eigenvalue weighted by Gasteiger charge is -2.38. The van der Waals surface area contributed by atoms with Crippen molar-refractivity contribution in [2.24, 2.45) is 11.3 Å². The predicted molar refractivity (Wildman–Crippen MR) is 53.3 cm³/mol. The molecule has 0 bridgehead atoms. The maximum atomic E-state index is 11.8. The molecule has 0 aromatic rings. The summed E-state index contributed by atoms with van der Waals surface area (Å²) in [4.78, 5) is 23.3. The Morgan fingerprint density at radius 3 is 2.44 bits per heavy atom. The molecule has 5 heteroatoms.